The van der Waals surface area contributed by atoms with Gasteiger partial charge in [-0.1, -0.05) is 6.07 Å². The quantitative estimate of drug-likeness (QED) is 0.771. The maximum atomic E-state index is 12.5. The number of ether oxygens (including phenoxy) is 2. The Bertz CT molecular complexity index is 856. The van der Waals surface area contributed by atoms with Crippen molar-refractivity contribution in [1.29, 1.82) is 0 Å². The third-order valence-corrected chi connectivity index (χ3v) is 4.43. The van der Waals surface area contributed by atoms with E-state index >= 15 is 0 Å². The summed E-state index contributed by atoms with van der Waals surface area (Å²) in [4.78, 5) is 13.6. The second-order valence-electron chi connectivity index (χ2n) is 5.04. The highest BCUT2D eigenvalue weighted by Crippen LogP contribution is 2.30. The van der Waals surface area contributed by atoms with Gasteiger partial charge in [0, 0.05) is 13.1 Å². The molecule has 1 aromatic carbocycles. The molecular formula is C17H17N3O3S. The number of aromatic nitrogens is 2. The molecule has 0 aliphatic heterocycles. The second-order valence-corrected chi connectivity index (χ2v) is 5.98. The van der Waals surface area contributed by atoms with Crippen LogP contribution in [0.3, 0.4) is 0 Å². The van der Waals surface area contributed by atoms with Crippen LogP contribution in [0.5, 0.6) is 11.5 Å². The molecule has 0 saturated carbocycles. The molecule has 0 aliphatic rings. The molecule has 0 atom stereocenters. The molecule has 2 aromatic heterocycles. The van der Waals surface area contributed by atoms with E-state index in [1.54, 1.807) is 54.5 Å². The topological polar surface area (TPSA) is 65.4 Å². The molecule has 6 nitrogen and oxygen atoms in total. The van der Waals surface area contributed by atoms with Crippen molar-refractivity contribution in [2.24, 2.45) is 7.05 Å². The van der Waals surface area contributed by atoms with Crippen LogP contribution in [0.15, 0.2) is 41.8 Å². The maximum absolute atomic E-state index is 12.5. The molecule has 0 spiro atoms. The fourth-order valence-corrected chi connectivity index (χ4v) is 3.10. The summed E-state index contributed by atoms with van der Waals surface area (Å²) < 4.78 is 12.2. The third-order valence-electron chi connectivity index (χ3n) is 3.54. The molecule has 2 heterocycles. The smallest absolute Gasteiger partial charge is 0.276 e. The van der Waals surface area contributed by atoms with Gasteiger partial charge in [0.2, 0.25) is 0 Å². The first-order valence-corrected chi connectivity index (χ1v) is 8.11. The minimum atomic E-state index is -0.306. The standard InChI is InChI=1S/C17H17N3O3S/c1-20-14(16-5-4-8-24-16)10-13(19-20)17(21)18-12-9-11(22-2)6-7-15(12)23-3/h4-10H,1-3H3,(H,18,21). The van der Waals surface area contributed by atoms with Crippen LogP contribution in [-0.2, 0) is 7.05 Å². The second kappa shape index (κ2) is 6.76. The van der Waals surface area contributed by atoms with Crippen LogP contribution in [0.1, 0.15) is 10.5 Å². The summed E-state index contributed by atoms with van der Waals surface area (Å²) in [7, 11) is 4.94. The van der Waals surface area contributed by atoms with E-state index in [1.165, 1.54) is 0 Å². The van der Waals surface area contributed by atoms with Crippen molar-refractivity contribution in [3.63, 3.8) is 0 Å². The number of anilines is 1. The number of methoxy groups -OCH3 is 2. The number of amides is 1. The predicted molar refractivity (Wildman–Crippen MR) is 94.0 cm³/mol. The monoisotopic (exact) mass is 343 g/mol. The molecule has 0 fully saturated rings. The summed E-state index contributed by atoms with van der Waals surface area (Å²) in [5, 5.41) is 9.11. The van der Waals surface area contributed by atoms with Crippen molar-refractivity contribution in [1.82, 2.24) is 9.78 Å². The van der Waals surface area contributed by atoms with E-state index < -0.39 is 0 Å². The lowest BCUT2D eigenvalue weighted by molar-refractivity contribution is 0.102. The lowest BCUT2D eigenvalue weighted by atomic mass is 10.2. The van der Waals surface area contributed by atoms with Crippen LogP contribution in [0.4, 0.5) is 5.69 Å². The Kier molecular flexibility index (Phi) is 4.52. The molecule has 0 aliphatic carbocycles. The number of hydrogen-bond donors (Lipinski definition) is 1. The van der Waals surface area contributed by atoms with Gasteiger partial charge in [-0.2, -0.15) is 5.10 Å². The molecule has 0 bridgehead atoms. The van der Waals surface area contributed by atoms with Gasteiger partial charge in [-0.3, -0.25) is 9.48 Å². The SMILES string of the molecule is COc1ccc(OC)c(NC(=O)c2cc(-c3cccs3)n(C)n2)c1. The maximum Gasteiger partial charge on any atom is 0.276 e. The highest BCUT2D eigenvalue weighted by atomic mass is 32.1. The van der Waals surface area contributed by atoms with Crippen LogP contribution in [0.25, 0.3) is 10.6 Å². The zero-order chi connectivity index (χ0) is 17.1. The molecule has 1 N–H and O–H groups in total. The number of carbonyl (C=O) groups excluding carboxylic acids is 1. The zero-order valence-electron chi connectivity index (χ0n) is 13.6. The minimum Gasteiger partial charge on any atom is -0.497 e. The molecule has 3 rings (SSSR count). The van der Waals surface area contributed by atoms with Gasteiger partial charge < -0.3 is 14.8 Å². The largest absolute Gasteiger partial charge is 0.497 e. The summed E-state index contributed by atoms with van der Waals surface area (Å²) in [6.07, 6.45) is 0. The Morgan fingerprint density at radius 2 is 2.04 bits per heavy atom. The van der Waals surface area contributed by atoms with Crippen molar-refractivity contribution in [2.45, 2.75) is 0 Å². The Morgan fingerprint density at radius 1 is 1.21 bits per heavy atom. The van der Waals surface area contributed by atoms with Crippen LogP contribution >= 0.6 is 11.3 Å². The third kappa shape index (κ3) is 3.11. The highest BCUT2D eigenvalue weighted by molar-refractivity contribution is 7.13. The molecule has 24 heavy (non-hydrogen) atoms. The fourth-order valence-electron chi connectivity index (χ4n) is 2.33. The number of benzene rings is 1. The van der Waals surface area contributed by atoms with Gasteiger partial charge in [0.15, 0.2) is 5.69 Å². The van der Waals surface area contributed by atoms with Crippen molar-refractivity contribution in [2.75, 3.05) is 19.5 Å². The molecule has 0 saturated heterocycles. The summed E-state index contributed by atoms with van der Waals surface area (Å²) >= 11 is 1.60. The van der Waals surface area contributed by atoms with Gasteiger partial charge in [-0.05, 0) is 29.6 Å². The van der Waals surface area contributed by atoms with Gasteiger partial charge in [0.25, 0.3) is 5.91 Å². The van der Waals surface area contributed by atoms with Gasteiger partial charge in [-0.15, -0.1) is 11.3 Å². The molecule has 124 valence electrons. The number of aryl methyl sites for hydroxylation is 1. The van der Waals surface area contributed by atoms with E-state index in [0.29, 0.717) is 22.9 Å². The number of thiophene rings is 1. The molecule has 0 unspecified atom stereocenters. The average Bonchev–Trinajstić information content (AvgIpc) is 3.24. The van der Waals surface area contributed by atoms with E-state index in [1.807, 2.05) is 24.6 Å². The van der Waals surface area contributed by atoms with Crippen molar-refractivity contribution in [3.05, 3.63) is 47.5 Å². The Morgan fingerprint density at radius 3 is 2.71 bits per heavy atom. The Labute approximate surface area is 143 Å². The minimum absolute atomic E-state index is 0.306. The number of hydrogen-bond acceptors (Lipinski definition) is 5. The lowest BCUT2D eigenvalue weighted by Gasteiger charge is -2.10. The number of carbonyl (C=O) groups is 1. The first kappa shape index (κ1) is 16.1. The number of nitrogens with zero attached hydrogens (tertiary/aromatic N) is 2. The van der Waals surface area contributed by atoms with Crippen LogP contribution in [0, 0.1) is 0 Å². The van der Waals surface area contributed by atoms with E-state index in [9.17, 15) is 4.79 Å². The van der Waals surface area contributed by atoms with Crippen LogP contribution < -0.4 is 14.8 Å². The van der Waals surface area contributed by atoms with E-state index in [0.717, 1.165) is 10.6 Å². The number of rotatable bonds is 5. The highest BCUT2D eigenvalue weighted by Gasteiger charge is 2.16. The Balaban J connectivity index is 1.87. The number of nitrogens with one attached hydrogen (secondary N) is 1. The molecule has 7 heteroatoms. The van der Waals surface area contributed by atoms with Crippen molar-refractivity contribution in [3.8, 4) is 22.1 Å². The van der Waals surface area contributed by atoms with E-state index in [4.69, 9.17) is 9.47 Å². The van der Waals surface area contributed by atoms with Gasteiger partial charge >= 0.3 is 0 Å². The normalized spacial score (nSPS) is 10.5. The lowest BCUT2D eigenvalue weighted by Crippen LogP contribution is -2.13. The first-order valence-electron chi connectivity index (χ1n) is 7.23. The zero-order valence-corrected chi connectivity index (χ0v) is 14.4. The van der Waals surface area contributed by atoms with Gasteiger partial charge in [-0.25, -0.2) is 0 Å². The molecule has 3 aromatic rings. The molecule has 0 radical (unpaired) electrons. The van der Waals surface area contributed by atoms with E-state index in [-0.39, 0.29) is 5.91 Å². The van der Waals surface area contributed by atoms with Crippen LogP contribution in [0.2, 0.25) is 0 Å². The molecular weight excluding hydrogens is 326 g/mol. The Hall–Kier alpha value is -2.80. The first-order chi connectivity index (χ1) is 11.6. The van der Waals surface area contributed by atoms with Gasteiger partial charge in [0.05, 0.1) is 30.5 Å². The summed E-state index contributed by atoms with van der Waals surface area (Å²) in [6.45, 7) is 0. The van der Waals surface area contributed by atoms with Crippen molar-refractivity contribution < 1.29 is 14.3 Å². The predicted octanol–water partition coefficient (Wildman–Crippen LogP) is 3.42. The average molecular weight is 343 g/mol. The van der Waals surface area contributed by atoms with Crippen molar-refractivity contribution >= 4 is 22.9 Å². The summed E-state index contributed by atoms with van der Waals surface area (Å²) in [6, 6.07) is 10.9. The molecule has 1 amide bonds. The summed E-state index contributed by atoms with van der Waals surface area (Å²) in [5.41, 5.74) is 1.77. The van der Waals surface area contributed by atoms with Crippen LogP contribution in [-0.4, -0.2) is 29.9 Å². The van der Waals surface area contributed by atoms with Gasteiger partial charge in [0.1, 0.15) is 11.5 Å². The van der Waals surface area contributed by atoms with E-state index in [2.05, 4.69) is 10.4 Å². The summed E-state index contributed by atoms with van der Waals surface area (Å²) in [5.74, 6) is 0.880. The fraction of sp³-hybridized carbons (Fsp3) is 0.176.